The molecule has 1 saturated heterocycles. The Labute approximate surface area is 196 Å². The third-order valence-electron chi connectivity index (χ3n) is 7.06. The molecule has 2 fully saturated rings. The number of amides is 2. The van der Waals surface area contributed by atoms with Crippen LogP contribution in [0.5, 0.6) is 0 Å². The molecule has 2 aromatic carbocycles. The first-order valence-electron chi connectivity index (χ1n) is 11.5. The van der Waals surface area contributed by atoms with Crippen LogP contribution in [0.2, 0.25) is 0 Å². The van der Waals surface area contributed by atoms with Gasteiger partial charge in [0.1, 0.15) is 0 Å². The van der Waals surface area contributed by atoms with Gasteiger partial charge in [0.25, 0.3) is 0 Å². The summed E-state index contributed by atoms with van der Waals surface area (Å²) < 4.78 is 39.5. The van der Waals surface area contributed by atoms with Crippen LogP contribution in [0.4, 0.5) is 13.2 Å². The molecule has 1 spiro atoms. The van der Waals surface area contributed by atoms with E-state index in [9.17, 15) is 27.6 Å². The molecule has 180 valence electrons. The Bertz CT molecular complexity index is 1060. The molecule has 1 N–H and O–H groups in total. The lowest BCUT2D eigenvalue weighted by Crippen LogP contribution is -2.40. The van der Waals surface area contributed by atoms with Crippen molar-refractivity contribution in [2.45, 2.75) is 44.8 Å². The minimum absolute atomic E-state index is 0.0449. The second-order valence-electron chi connectivity index (χ2n) is 9.16. The van der Waals surface area contributed by atoms with Crippen LogP contribution in [0.1, 0.15) is 53.6 Å². The number of nitrogens with zero attached hydrogens (tertiary/aromatic N) is 1. The van der Waals surface area contributed by atoms with Crippen LogP contribution in [-0.4, -0.2) is 35.6 Å². The van der Waals surface area contributed by atoms with Gasteiger partial charge >= 0.3 is 6.18 Å². The number of ketones is 1. The maximum Gasteiger partial charge on any atom is 0.416 e. The summed E-state index contributed by atoms with van der Waals surface area (Å²) in [6.45, 7) is 0.888. The van der Waals surface area contributed by atoms with Crippen molar-refractivity contribution >= 4 is 17.6 Å². The van der Waals surface area contributed by atoms with Gasteiger partial charge in [0.15, 0.2) is 5.78 Å². The lowest BCUT2D eigenvalue weighted by Gasteiger charge is -2.33. The fraction of sp³-hybridized carbons (Fsp3) is 0.423. The molecule has 0 bridgehead atoms. The van der Waals surface area contributed by atoms with Crippen molar-refractivity contribution in [1.29, 1.82) is 0 Å². The molecule has 1 unspecified atom stereocenters. The summed E-state index contributed by atoms with van der Waals surface area (Å²) in [7, 11) is 0. The highest BCUT2D eigenvalue weighted by atomic mass is 19.4. The lowest BCUT2D eigenvalue weighted by atomic mass is 9.90. The van der Waals surface area contributed by atoms with Gasteiger partial charge in [-0.1, -0.05) is 48.5 Å². The van der Waals surface area contributed by atoms with E-state index in [1.165, 1.54) is 18.2 Å². The topological polar surface area (TPSA) is 66.5 Å². The lowest BCUT2D eigenvalue weighted by molar-refractivity contribution is -0.138. The fourth-order valence-electron chi connectivity index (χ4n) is 4.88. The number of halogens is 3. The number of piperidine rings is 1. The Kier molecular flexibility index (Phi) is 6.77. The molecule has 1 atom stereocenters. The molecule has 1 saturated carbocycles. The second-order valence-corrected chi connectivity index (χ2v) is 9.16. The smallest absolute Gasteiger partial charge is 0.352 e. The first-order chi connectivity index (χ1) is 16.2. The first-order valence-corrected chi connectivity index (χ1v) is 11.5. The molecule has 34 heavy (non-hydrogen) atoms. The second kappa shape index (κ2) is 9.60. The average Bonchev–Trinajstić information content (AvgIpc) is 3.54. The van der Waals surface area contributed by atoms with Crippen LogP contribution >= 0.6 is 0 Å². The van der Waals surface area contributed by atoms with Crippen LogP contribution in [0.15, 0.2) is 54.6 Å². The van der Waals surface area contributed by atoms with Gasteiger partial charge in [-0.2, -0.15) is 13.2 Å². The molecule has 8 heteroatoms. The van der Waals surface area contributed by atoms with Crippen molar-refractivity contribution in [1.82, 2.24) is 10.2 Å². The van der Waals surface area contributed by atoms with E-state index >= 15 is 0 Å². The minimum atomic E-state index is -4.47. The first kappa shape index (κ1) is 24.0. The molecule has 1 heterocycles. The molecule has 1 aliphatic heterocycles. The molecular weight excluding hydrogens is 445 g/mol. The summed E-state index contributed by atoms with van der Waals surface area (Å²) in [5.41, 5.74) is -0.274. The van der Waals surface area contributed by atoms with Gasteiger partial charge in [-0.3, -0.25) is 14.4 Å². The van der Waals surface area contributed by atoms with Crippen molar-refractivity contribution in [3.05, 3.63) is 71.3 Å². The highest BCUT2D eigenvalue weighted by Crippen LogP contribution is 2.59. The number of carbonyl (C=O) groups is 3. The van der Waals surface area contributed by atoms with E-state index in [4.69, 9.17) is 0 Å². The summed E-state index contributed by atoms with van der Waals surface area (Å²) in [6, 6.07) is 14.1. The van der Waals surface area contributed by atoms with E-state index in [2.05, 4.69) is 5.32 Å². The number of Topliss-reactive ketones (excluding diaryl/α,β-unsaturated/α-hetero) is 1. The standard InChI is InChI=1S/C26H27F3N2O3/c27-26(28,29)20-9-5-4-8-19(20)17-30-24(34)21-16-25(21)12-14-31(15-13-25)23(33)11-10-22(32)18-6-2-1-3-7-18/h1-9,21H,10-17H2,(H,30,34). The molecule has 1 aliphatic carbocycles. The third kappa shape index (κ3) is 5.32. The van der Waals surface area contributed by atoms with Crippen molar-refractivity contribution in [2.24, 2.45) is 11.3 Å². The molecule has 5 nitrogen and oxygen atoms in total. The van der Waals surface area contributed by atoms with E-state index in [-0.39, 0.29) is 53.9 Å². The molecule has 2 aromatic rings. The van der Waals surface area contributed by atoms with E-state index < -0.39 is 11.7 Å². The molecule has 2 amide bonds. The monoisotopic (exact) mass is 472 g/mol. The number of nitrogens with one attached hydrogen (secondary N) is 1. The van der Waals surface area contributed by atoms with Crippen molar-refractivity contribution in [3.8, 4) is 0 Å². The van der Waals surface area contributed by atoms with Crippen molar-refractivity contribution < 1.29 is 27.6 Å². The van der Waals surface area contributed by atoms with E-state index in [1.54, 1.807) is 29.2 Å². The average molecular weight is 473 g/mol. The molecule has 0 radical (unpaired) electrons. The Morgan fingerprint density at radius 3 is 2.26 bits per heavy atom. The Hall–Kier alpha value is -3.16. The summed E-state index contributed by atoms with van der Waals surface area (Å²) in [6.07, 6.45) is -2.09. The van der Waals surface area contributed by atoms with Crippen LogP contribution < -0.4 is 5.32 Å². The minimum Gasteiger partial charge on any atom is -0.352 e. The van der Waals surface area contributed by atoms with Crippen molar-refractivity contribution in [3.63, 3.8) is 0 Å². The maximum atomic E-state index is 13.2. The highest BCUT2D eigenvalue weighted by Gasteiger charge is 2.58. The Morgan fingerprint density at radius 1 is 0.941 bits per heavy atom. The zero-order chi connectivity index (χ0) is 24.3. The van der Waals surface area contributed by atoms with E-state index in [1.807, 2.05) is 6.07 Å². The molecule has 0 aromatic heterocycles. The zero-order valence-electron chi connectivity index (χ0n) is 18.7. The predicted octanol–water partition coefficient (Wildman–Crippen LogP) is 4.61. The number of benzene rings is 2. The molecule has 2 aliphatic rings. The fourth-order valence-corrected chi connectivity index (χ4v) is 4.88. The largest absolute Gasteiger partial charge is 0.416 e. The highest BCUT2D eigenvalue weighted by molar-refractivity contribution is 5.97. The Balaban J connectivity index is 1.23. The number of rotatable bonds is 7. The van der Waals surface area contributed by atoms with Gasteiger partial charge in [-0.25, -0.2) is 0 Å². The van der Waals surface area contributed by atoms with E-state index in [0.29, 0.717) is 37.9 Å². The van der Waals surface area contributed by atoms with Crippen LogP contribution in [0, 0.1) is 11.3 Å². The Morgan fingerprint density at radius 2 is 1.59 bits per heavy atom. The van der Waals surface area contributed by atoms with E-state index in [0.717, 1.165) is 6.07 Å². The summed E-state index contributed by atoms with van der Waals surface area (Å²) in [4.78, 5) is 39.2. The summed E-state index contributed by atoms with van der Waals surface area (Å²) >= 11 is 0. The number of alkyl halides is 3. The summed E-state index contributed by atoms with van der Waals surface area (Å²) in [5.74, 6) is -0.592. The van der Waals surface area contributed by atoms with Crippen LogP contribution in [0.25, 0.3) is 0 Å². The molecule has 4 rings (SSSR count). The maximum absolute atomic E-state index is 13.2. The van der Waals surface area contributed by atoms with Gasteiger partial charge in [-0.05, 0) is 36.3 Å². The number of likely N-dealkylation sites (tertiary alicyclic amines) is 1. The van der Waals surface area contributed by atoms with Gasteiger partial charge in [0.2, 0.25) is 11.8 Å². The SMILES string of the molecule is O=C(CCC(=O)N1CCC2(CC1)CC2C(=O)NCc1ccccc1C(F)(F)F)c1ccccc1. The summed E-state index contributed by atoms with van der Waals surface area (Å²) in [5, 5.41) is 2.67. The van der Waals surface area contributed by atoms with Crippen LogP contribution in [-0.2, 0) is 22.3 Å². The van der Waals surface area contributed by atoms with Gasteiger partial charge in [0.05, 0.1) is 5.56 Å². The normalized spacial score (nSPS) is 19.0. The number of hydrogen-bond donors (Lipinski definition) is 1. The van der Waals surface area contributed by atoms with Gasteiger partial charge in [-0.15, -0.1) is 0 Å². The number of carbonyl (C=O) groups excluding carboxylic acids is 3. The molecular formula is C26H27F3N2O3. The van der Waals surface area contributed by atoms with Gasteiger partial charge in [0, 0.05) is 44.0 Å². The quantitative estimate of drug-likeness (QED) is 0.599. The third-order valence-corrected chi connectivity index (χ3v) is 7.06. The van der Waals surface area contributed by atoms with Crippen molar-refractivity contribution in [2.75, 3.05) is 13.1 Å². The van der Waals surface area contributed by atoms with Gasteiger partial charge < -0.3 is 10.2 Å². The zero-order valence-corrected chi connectivity index (χ0v) is 18.7. The number of hydrogen-bond acceptors (Lipinski definition) is 3. The predicted molar refractivity (Wildman–Crippen MR) is 120 cm³/mol. The van der Waals surface area contributed by atoms with Crippen LogP contribution in [0.3, 0.4) is 0 Å².